The number of pyridine rings is 1. The van der Waals surface area contributed by atoms with Crippen molar-refractivity contribution in [3.05, 3.63) is 49.3 Å². The number of H-pyrrole nitrogens is 1. The maximum absolute atomic E-state index is 13.1. The van der Waals surface area contributed by atoms with Crippen LogP contribution in [0.3, 0.4) is 0 Å². The highest BCUT2D eigenvalue weighted by Crippen LogP contribution is 2.21. The third kappa shape index (κ3) is 4.85. The molecule has 0 spiro atoms. The third-order valence-electron chi connectivity index (χ3n) is 4.15. The first-order chi connectivity index (χ1) is 12.9. The van der Waals surface area contributed by atoms with Gasteiger partial charge in [-0.2, -0.15) is 0 Å². The largest absolute Gasteiger partial charge is 0.383 e. The lowest BCUT2D eigenvalue weighted by Gasteiger charge is -2.24. The van der Waals surface area contributed by atoms with Gasteiger partial charge in [-0.1, -0.05) is 26.7 Å². The first kappa shape index (κ1) is 20.9. The number of carbonyl (C=O) groups excluding carboxylic acids is 1. The number of nitrogens with zero attached hydrogens (tertiary/aromatic N) is 3. The average Bonchev–Trinajstić information content (AvgIpc) is 2.63. The third-order valence-corrected chi connectivity index (χ3v) is 4.59. The molecule has 0 fully saturated rings. The van der Waals surface area contributed by atoms with E-state index in [9.17, 15) is 14.4 Å². The fourth-order valence-electron chi connectivity index (χ4n) is 2.69. The Bertz CT molecular complexity index is 922. The number of anilines is 2. The Morgan fingerprint density at radius 3 is 2.59 bits per heavy atom. The summed E-state index contributed by atoms with van der Waals surface area (Å²) in [6.07, 6.45) is 6.10. The van der Waals surface area contributed by atoms with Gasteiger partial charge >= 0.3 is 5.69 Å². The highest BCUT2D eigenvalue weighted by molar-refractivity contribution is 9.10. The molecule has 146 valence electrons. The van der Waals surface area contributed by atoms with Crippen molar-refractivity contribution in [3.63, 3.8) is 0 Å². The topological polar surface area (TPSA) is 114 Å². The van der Waals surface area contributed by atoms with Crippen LogP contribution in [0.2, 0.25) is 0 Å². The van der Waals surface area contributed by atoms with Gasteiger partial charge in [0.1, 0.15) is 5.82 Å². The molecule has 2 aromatic rings. The Kier molecular flexibility index (Phi) is 7.35. The van der Waals surface area contributed by atoms with Crippen molar-refractivity contribution >= 4 is 33.3 Å². The summed E-state index contributed by atoms with van der Waals surface area (Å²) in [4.78, 5) is 45.4. The van der Waals surface area contributed by atoms with E-state index in [4.69, 9.17) is 5.73 Å². The van der Waals surface area contributed by atoms with E-state index in [1.54, 1.807) is 12.3 Å². The second-order valence-electron chi connectivity index (χ2n) is 6.20. The number of aromatic nitrogens is 3. The van der Waals surface area contributed by atoms with Crippen LogP contribution in [0.5, 0.6) is 0 Å². The van der Waals surface area contributed by atoms with Crippen LogP contribution < -0.4 is 21.9 Å². The summed E-state index contributed by atoms with van der Waals surface area (Å²) in [5.74, 6) is -0.389. The van der Waals surface area contributed by atoms with E-state index in [1.165, 1.54) is 15.7 Å². The Balaban J connectivity index is 2.58. The summed E-state index contributed by atoms with van der Waals surface area (Å²) in [6, 6.07) is 1.63. The molecule has 3 N–H and O–H groups in total. The Hall–Kier alpha value is -2.42. The van der Waals surface area contributed by atoms with E-state index >= 15 is 0 Å². The summed E-state index contributed by atoms with van der Waals surface area (Å²) < 4.78 is 1.96. The van der Waals surface area contributed by atoms with Gasteiger partial charge in [-0.25, -0.2) is 4.79 Å². The molecule has 0 aliphatic heterocycles. The van der Waals surface area contributed by atoms with Crippen LogP contribution in [0, 0.1) is 0 Å². The number of rotatable bonds is 8. The van der Waals surface area contributed by atoms with Crippen LogP contribution in [0.25, 0.3) is 0 Å². The first-order valence-corrected chi connectivity index (χ1v) is 9.75. The number of halogens is 1. The summed E-state index contributed by atoms with van der Waals surface area (Å²) >= 11 is 3.30. The Morgan fingerprint density at radius 1 is 1.26 bits per heavy atom. The molecular weight excluding hydrogens is 414 g/mol. The average molecular weight is 438 g/mol. The van der Waals surface area contributed by atoms with Crippen LogP contribution in [0.4, 0.5) is 11.5 Å². The Morgan fingerprint density at radius 2 is 1.96 bits per heavy atom. The van der Waals surface area contributed by atoms with Gasteiger partial charge in [-0.05, 0) is 34.8 Å². The lowest BCUT2D eigenvalue weighted by atomic mass is 10.2. The summed E-state index contributed by atoms with van der Waals surface area (Å²) in [7, 11) is 0. The van der Waals surface area contributed by atoms with Crippen LogP contribution in [0.1, 0.15) is 49.9 Å². The summed E-state index contributed by atoms with van der Waals surface area (Å²) in [5, 5.41) is 0. The van der Waals surface area contributed by atoms with Crippen LogP contribution in [0.15, 0.2) is 32.5 Å². The zero-order valence-corrected chi connectivity index (χ0v) is 17.1. The fourth-order valence-corrected chi connectivity index (χ4v) is 3.06. The normalized spacial score (nSPS) is 10.8. The molecular formula is C18H24BrN5O3. The van der Waals surface area contributed by atoms with Crippen molar-refractivity contribution in [2.75, 3.05) is 17.2 Å². The maximum atomic E-state index is 13.1. The van der Waals surface area contributed by atoms with Gasteiger partial charge in [0.25, 0.3) is 11.5 Å². The summed E-state index contributed by atoms with van der Waals surface area (Å²) in [5.41, 5.74) is 5.26. The minimum Gasteiger partial charge on any atom is -0.383 e. The van der Waals surface area contributed by atoms with Crippen molar-refractivity contribution in [2.24, 2.45) is 0 Å². The first-order valence-electron chi connectivity index (χ1n) is 8.95. The second-order valence-corrected chi connectivity index (χ2v) is 7.12. The fraction of sp³-hybridized carbons (Fsp3) is 0.444. The number of unbranched alkanes of at least 4 members (excludes halogenated alkanes) is 2. The standard InChI is InChI=1S/C18H24BrN5O3/c1-3-5-7-23(17(26)12-9-13(19)11-21-10-12)14-15(20)24(8-6-4-2)18(27)22-16(14)25/h9-11H,3-8,20H2,1-2H3,(H,22,25,27). The molecule has 0 unspecified atom stereocenters. The minimum atomic E-state index is -0.669. The van der Waals surface area contributed by atoms with Gasteiger partial charge in [0.2, 0.25) is 0 Å². The molecule has 0 aliphatic rings. The lowest BCUT2D eigenvalue weighted by Crippen LogP contribution is -2.41. The quantitative estimate of drug-likeness (QED) is 0.658. The number of nitrogen functional groups attached to an aromatic ring is 1. The molecule has 9 heteroatoms. The smallest absolute Gasteiger partial charge is 0.330 e. The van der Waals surface area contributed by atoms with Gasteiger partial charge in [-0.15, -0.1) is 0 Å². The molecule has 0 aromatic carbocycles. The summed E-state index contributed by atoms with van der Waals surface area (Å²) in [6.45, 7) is 4.66. The molecule has 2 aromatic heterocycles. The van der Waals surface area contributed by atoms with Crippen molar-refractivity contribution in [1.82, 2.24) is 14.5 Å². The second kappa shape index (κ2) is 9.50. The van der Waals surface area contributed by atoms with Crippen molar-refractivity contribution in [3.8, 4) is 0 Å². The van der Waals surface area contributed by atoms with E-state index < -0.39 is 17.2 Å². The SMILES string of the molecule is CCCCN(C(=O)c1cncc(Br)c1)c1c(N)n(CCCC)c(=O)[nH]c1=O. The highest BCUT2D eigenvalue weighted by Gasteiger charge is 2.25. The molecule has 1 amide bonds. The predicted molar refractivity (Wildman–Crippen MR) is 109 cm³/mol. The van der Waals surface area contributed by atoms with E-state index in [2.05, 4.69) is 25.9 Å². The molecule has 8 nitrogen and oxygen atoms in total. The molecule has 27 heavy (non-hydrogen) atoms. The molecule has 2 rings (SSSR count). The van der Waals surface area contributed by atoms with E-state index in [-0.39, 0.29) is 11.5 Å². The number of nitrogens with two attached hydrogens (primary N) is 1. The molecule has 0 radical (unpaired) electrons. The van der Waals surface area contributed by atoms with Gasteiger partial charge in [-0.3, -0.25) is 24.1 Å². The minimum absolute atomic E-state index is 0.00382. The van der Waals surface area contributed by atoms with E-state index in [0.29, 0.717) is 29.5 Å². The zero-order valence-electron chi connectivity index (χ0n) is 15.5. The molecule has 0 saturated heterocycles. The van der Waals surface area contributed by atoms with Gasteiger partial charge in [0.15, 0.2) is 5.69 Å². The molecule has 2 heterocycles. The van der Waals surface area contributed by atoms with Gasteiger partial charge < -0.3 is 10.6 Å². The van der Waals surface area contributed by atoms with Crippen molar-refractivity contribution in [1.29, 1.82) is 0 Å². The monoisotopic (exact) mass is 437 g/mol. The molecule has 0 aliphatic carbocycles. The predicted octanol–water partition coefficient (Wildman–Crippen LogP) is 2.52. The molecule has 0 saturated carbocycles. The molecule has 0 atom stereocenters. The van der Waals surface area contributed by atoms with Gasteiger partial charge in [0, 0.05) is 30.0 Å². The maximum Gasteiger partial charge on any atom is 0.330 e. The van der Waals surface area contributed by atoms with Crippen LogP contribution in [-0.2, 0) is 6.54 Å². The van der Waals surface area contributed by atoms with E-state index in [1.807, 2.05) is 13.8 Å². The van der Waals surface area contributed by atoms with Crippen molar-refractivity contribution in [2.45, 2.75) is 46.1 Å². The number of hydrogen-bond acceptors (Lipinski definition) is 5. The van der Waals surface area contributed by atoms with E-state index in [0.717, 1.165) is 19.3 Å². The van der Waals surface area contributed by atoms with Crippen molar-refractivity contribution < 1.29 is 4.79 Å². The number of aromatic amines is 1. The number of nitrogens with one attached hydrogen (secondary N) is 1. The van der Waals surface area contributed by atoms with Gasteiger partial charge in [0.05, 0.1) is 5.56 Å². The Labute approximate surface area is 165 Å². The van der Waals surface area contributed by atoms with Crippen LogP contribution >= 0.6 is 15.9 Å². The van der Waals surface area contributed by atoms with Crippen LogP contribution in [-0.4, -0.2) is 27.0 Å². The number of hydrogen-bond donors (Lipinski definition) is 2. The molecule has 0 bridgehead atoms. The number of amides is 1. The highest BCUT2D eigenvalue weighted by atomic mass is 79.9. The number of carbonyl (C=O) groups is 1. The lowest BCUT2D eigenvalue weighted by molar-refractivity contribution is 0.0985. The zero-order chi connectivity index (χ0) is 20.0.